The highest BCUT2D eigenvalue weighted by molar-refractivity contribution is 6.34. The minimum atomic E-state index is -0.295. The number of rotatable bonds is 4. The van der Waals surface area contributed by atoms with E-state index < -0.39 is 0 Å². The molecule has 3 amide bonds. The Labute approximate surface area is 133 Å². The molecule has 0 fully saturated rings. The molecule has 0 aliphatic carbocycles. The maximum Gasteiger partial charge on any atom is 0.266 e. The van der Waals surface area contributed by atoms with Crippen molar-refractivity contribution >= 4 is 23.4 Å². The zero-order valence-electron chi connectivity index (χ0n) is 12.7. The Kier molecular flexibility index (Phi) is 3.93. The summed E-state index contributed by atoms with van der Waals surface area (Å²) in [4.78, 5) is 36.8. The molecule has 0 bridgehead atoms. The second-order valence-corrected chi connectivity index (χ2v) is 5.39. The van der Waals surface area contributed by atoms with Crippen molar-refractivity contribution in [1.29, 1.82) is 0 Å². The zero-order valence-corrected chi connectivity index (χ0v) is 12.7. The molecule has 2 aromatic rings. The molecule has 1 heterocycles. The zero-order chi connectivity index (χ0) is 16.4. The molecule has 116 valence electrons. The number of anilines is 1. The molecule has 0 spiro atoms. The van der Waals surface area contributed by atoms with Crippen molar-refractivity contribution in [3.05, 3.63) is 65.2 Å². The van der Waals surface area contributed by atoms with E-state index >= 15 is 0 Å². The van der Waals surface area contributed by atoms with Crippen LogP contribution in [0.25, 0.3) is 0 Å². The van der Waals surface area contributed by atoms with Crippen molar-refractivity contribution in [2.24, 2.45) is 0 Å². The summed E-state index contributed by atoms with van der Waals surface area (Å²) in [7, 11) is 0. The monoisotopic (exact) mass is 308 g/mol. The lowest BCUT2D eigenvalue weighted by Crippen LogP contribution is -2.29. The number of nitrogens with zero attached hydrogens (tertiary/aromatic N) is 1. The first-order chi connectivity index (χ1) is 11.1. The van der Waals surface area contributed by atoms with Crippen molar-refractivity contribution in [1.82, 2.24) is 5.32 Å². The summed E-state index contributed by atoms with van der Waals surface area (Å²) in [5, 5.41) is 2.73. The summed E-state index contributed by atoms with van der Waals surface area (Å²) in [5.41, 5.74) is 2.46. The molecule has 0 saturated carbocycles. The number of hydrogen-bond acceptors (Lipinski definition) is 3. The number of benzene rings is 2. The Balaban J connectivity index is 1.77. The molecule has 5 heteroatoms. The van der Waals surface area contributed by atoms with Gasteiger partial charge in [-0.05, 0) is 36.2 Å². The van der Waals surface area contributed by atoms with E-state index in [1.54, 1.807) is 36.4 Å². The van der Waals surface area contributed by atoms with Crippen molar-refractivity contribution in [2.45, 2.75) is 13.3 Å². The SMILES string of the molecule is CC(=O)NCCc1ccc(N2C(=O)c3ccccc3C2=O)cc1. The fourth-order valence-electron chi connectivity index (χ4n) is 2.62. The van der Waals surface area contributed by atoms with Crippen LogP contribution in [0.2, 0.25) is 0 Å². The fourth-order valence-corrected chi connectivity index (χ4v) is 2.62. The quantitative estimate of drug-likeness (QED) is 0.880. The number of hydrogen-bond donors (Lipinski definition) is 1. The molecule has 5 nitrogen and oxygen atoms in total. The lowest BCUT2D eigenvalue weighted by Gasteiger charge is -2.14. The largest absolute Gasteiger partial charge is 0.356 e. The smallest absolute Gasteiger partial charge is 0.266 e. The molecule has 23 heavy (non-hydrogen) atoms. The molecule has 1 N–H and O–H groups in total. The van der Waals surface area contributed by atoms with Crippen LogP contribution in [-0.4, -0.2) is 24.3 Å². The first-order valence-electron chi connectivity index (χ1n) is 7.39. The Hall–Kier alpha value is -2.95. The van der Waals surface area contributed by atoms with E-state index in [0.29, 0.717) is 29.8 Å². The summed E-state index contributed by atoms with van der Waals surface area (Å²) in [6.07, 6.45) is 0.696. The van der Waals surface area contributed by atoms with Crippen LogP contribution in [0.4, 0.5) is 5.69 Å². The molecular weight excluding hydrogens is 292 g/mol. The van der Waals surface area contributed by atoms with Crippen LogP contribution in [0.5, 0.6) is 0 Å². The Bertz CT molecular complexity index is 746. The van der Waals surface area contributed by atoms with Gasteiger partial charge in [-0.2, -0.15) is 0 Å². The van der Waals surface area contributed by atoms with Gasteiger partial charge < -0.3 is 5.32 Å². The number of fused-ring (bicyclic) bond motifs is 1. The minimum Gasteiger partial charge on any atom is -0.356 e. The van der Waals surface area contributed by atoms with Gasteiger partial charge in [0.1, 0.15) is 0 Å². The summed E-state index contributed by atoms with van der Waals surface area (Å²) in [6.45, 7) is 2.03. The number of carbonyl (C=O) groups is 3. The van der Waals surface area contributed by atoms with E-state index in [9.17, 15) is 14.4 Å². The van der Waals surface area contributed by atoms with Gasteiger partial charge >= 0.3 is 0 Å². The molecule has 0 radical (unpaired) electrons. The lowest BCUT2D eigenvalue weighted by molar-refractivity contribution is -0.118. The van der Waals surface area contributed by atoms with E-state index in [4.69, 9.17) is 0 Å². The molecule has 0 atom stereocenters. The van der Waals surface area contributed by atoms with Crippen LogP contribution in [-0.2, 0) is 11.2 Å². The second-order valence-electron chi connectivity index (χ2n) is 5.39. The number of nitrogens with one attached hydrogen (secondary N) is 1. The third kappa shape index (κ3) is 2.85. The summed E-state index contributed by atoms with van der Waals surface area (Å²) >= 11 is 0. The Morgan fingerprint density at radius 3 is 2.04 bits per heavy atom. The van der Waals surface area contributed by atoms with Crippen LogP contribution < -0.4 is 10.2 Å². The van der Waals surface area contributed by atoms with Crippen molar-refractivity contribution < 1.29 is 14.4 Å². The number of amides is 3. The van der Waals surface area contributed by atoms with Gasteiger partial charge in [0.05, 0.1) is 16.8 Å². The lowest BCUT2D eigenvalue weighted by atomic mass is 10.1. The molecule has 1 aliphatic rings. The maximum absolute atomic E-state index is 12.4. The van der Waals surface area contributed by atoms with E-state index in [-0.39, 0.29) is 17.7 Å². The molecule has 2 aromatic carbocycles. The second kappa shape index (κ2) is 6.04. The highest BCUT2D eigenvalue weighted by Gasteiger charge is 2.36. The summed E-state index contributed by atoms with van der Waals surface area (Å²) < 4.78 is 0. The maximum atomic E-state index is 12.4. The summed E-state index contributed by atoms with van der Waals surface area (Å²) in [5.74, 6) is -0.652. The number of imide groups is 1. The van der Waals surface area contributed by atoms with E-state index in [0.717, 1.165) is 5.56 Å². The molecule has 0 aromatic heterocycles. The van der Waals surface area contributed by atoms with Gasteiger partial charge in [0.25, 0.3) is 11.8 Å². The van der Waals surface area contributed by atoms with Crippen LogP contribution in [0.1, 0.15) is 33.2 Å². The predicted octanol–water partition coefficient (Wildman–Crippen LogP) is 2.17. The molecule has 1 aliphatic heterocycles. The van der Waals surface area contributed by atoms with Gasteiger partial charge in [-0.1, -0.05) is 24.3 Å². The third-order valence-electron chi connectivity index (χ3n) is 3.78. The van der Waals surface area contributed by atoms with Gasteiger partial charge in [-0.3, -0.25) is 14.4 Å². The van der Waals surface area contributed by atoms with Crippen molar-refractivity contribution in [2.75, 3.05) is 11.4 Å². The predicted molar refractivity (Wildman–Crippen MR) is 86.4 cm³/mol. The summed E-state index contributed by atoms with van der Waals surface area (Å²) in [6, 6.07) is 14.1. The molecule has 3 rings (SSSR count). The number of carbonyl (C=O) groups excluding carboxylic acids is 3. The third-order valence-corrected chi connectivity index (χ3v) is 3.78. The van der Waals surface area contributed by atoms with Gasteiger partial charge in [0.15, 0.2) is 0 Å². The normalized spacial score (nSPS) is 13.2. The first kappa shape index (κ1) is 15.0. The first-order valence-corrected chi connectivity index (χ1v) is 7.39. The van der Waals surface area contributed by atoms with Crippen LogP contribution in [0.3, 0.4) is 0 Å². The van der Waals surface area contributed by atoms with Crippen molar-refractivity contribution in [3.8, 4) is 0 Å². The van der Waals surface area contributed by atoms with Gasteiger partial charge in [0, 0.05) is 13.5 Å². The van der Waals surface area contributed by atoms with Crippen LogP contribution >= 0.6 is 0 Å². The van der Waals surface area contributed by atoms with Crippen LogP contribution in [0, 0.1) is 0 Å². The standard InChI is InChI=1S/C18H16N2O3/c1-12(21)19-11-10-13-6-8-14(9-7-13)20-17(22)15-4-2-3-5-16(15)18(20)23/h2-9H,10-11H2,1H3,(H,19,21). The molecular formula is C18H16N2O3. The van der Waals surface area contributed by atoms with E-state index in [2.05, 4.69) is 5.32 Å². The van der Waals surface area contributed by atoms with E-state index in [1.165, 1.54) is 11.8 Å². The van der Waals surface area contributed by atoms with E-state index in [1.807, 2.05) is 12.1 Å². The highest BCUT2D eigenvalue weighted by atomic mass is 16.2. The van der Waals surface area contributed by atoms with Gasteiger partial charge in [0.2, 0.25) is 5.91 Å². The topological polar surface area (TPSA) is 66.5 Å². The Morgan fingerprint density at radius 1 is 0.957 bits per heavy atom. The highest BCUT2D eigenvalue weighted by Crippen LogP contribution is 2.28. The molecule has 0 saturated heterocycles. The Morgan fingerprint density at radius 2 is 1.52 bits per heavy atom. The average Bonchev–Trinajstić information content (AvgIpc) is 2.80. The van der Waals surface area contributed by atoms with Gasteiger partial charge in [-0.25, -0.2) is 4.90 Å². The fraction of sp³-hybridized carbons (Fsp3) is 0.167. The van der Waals surface area contributed by atoms with Crippen LogP contribution in [0.15, 0.2) is 48.5 Å². The van der Waals surface area contributed by atoms with Gasteiger partial charge in [-0.15, -0.1) is 0 Å². The van der Waals surface area contributed by atoms with Crippen molar-refractivity contribution in [3.63, 3.8) is 0 Å². The minimum absolute atomic E-state index is 0.0624. The average molecular weight is 308 g/mol. The molecule has 0 unspecified atom stereocenters.